The van der Waals surface area contributed by atoms with Crippen LogP contribution in [0.2, 0.25) is 0 Å². The Morgan fingerprint density at radius 3 is 2.90 bits per heavy atom. The molecule has 0 radical (unpaired) electrons. The molecule has 1 aliphatic rings. The van der Waals surface area contributed by atoms with Crippen molar-refractivity contribution < 1.29 is 19.7 Å². The summed E-state index contributed by atoms with van der Waals surface area (Å²) in [5.74, 6) is 0.0294. The second-order valence-corrected chi connectivity index (χ2v) is 4.98. The Morgan fingerprint density at radius 2 is 2.19 bits per heavy atom. The number of aliphatic hydroxyl groups is 1. The number of aliphatic hydroxyl groups excluding tert-OH is 1. The fraction of sp³-hybridized carbons (Fsp3) is 0.333. The smallest absolute Gasteiger partial charge is 0.356 e. The molecule has 0 fully saturated rings. The van der Waals surface area contributed by atoms with Crippen molar-refractivity contribution in [1.29, 1.82) is 0 Å². The minimum Gasteiger partial charge on any atom is -0.496 e. The van der Waals surface area contributed by atoms with Crippen LogP contribution in [0, 0.1) is 0 Å². The summed E-state index contributed by atoms with van der Waals surface area (Å²) in [6.45, 7) is 0.639. The Balaban J connectivity index is 2.24. The number of carbonyl (C=O) groups is 1. The molecule has 0 spiro atoms. The third-order valence-electron chi connectivity index (χ3n) is 3.73. The van der Waals surface area contributed by atoms with E-state index in [1.165, 1.54) is 0 Å². The topological polar surface area (TPSA) is 84.6 Å². The molecule has 6 heteroatoms. The van der Waals surface area contributed by atoms with Crippen molar-refractivity contribution in [2.75, 3.05) is 7.11 Å². The highest BCUT2D eigenvalue weighted by molar-refractivity contribution is 5.88. The van der Waals surface area contributed by atoms with Gasteiger partial charge in [-0.15, -0.1) is 0 Å². The summed E-state index contributed by atoms with van der Waals surface area (Å²) in [5.41, 5.74) is 1.03. The van der Waals surface area contributed by atoms with Gasteiger partial charge in [0.15, 0.2) is 5.69 Å². The molecule has 21 heavy (non-hydrogen) atoms. The molecule has 0 aliphatic carbocycles. The molecule has 0 saturated heterocycles. The number of benzene rings is 1. The Bertz CT molecular complexity index is 693. The van der Waals surface area contributed by atoms with Crippen LogP contribution in [0.3, 0.4) is 0 Å². The molecule has 1 aliphatic heterocycles. The van der Waals surface area contributed by atoms with E-state index in [2.05, 4.69) is 4.98 Å². The van der Waals surface area contributed by atoms with Crippen LogP contribution < -0.4 is 4.74 Å². The monoisotopic (exact) mass is 288 g/mol. The normalized spacial score (nSPS) is 17.3. The van der Waals surface area contributed by atoms with Crippen molar-refractivity contribution >= 4 is 5.97 Å². The second kappa shape index (κ2) is 5.21. The van der Waals surface area contributed by atoms with Gasteiger partial charge in [0, 0.05) is 6.54 Å². The van der Waals surface area contributed by atoms with Gasteiger partial charge in [-0.05, 0) is 25.0 Å². The molecular weight excluding hydrogens is 272 g/mol. The predicted molar refractivity (Wildman–Crippen MR) is 75.4 cm³/mol. The molecule has 0 saturated carbocycles. The van der Waals surface area contributed by atoms with Crippen molar-refractivity contribution in [1.82, 2.24) is 9.55 Å². The minimum atomic E-state index is -1.12. The van der Waals surface area contributed by atoms with Crippen molar-refractivity contribution in [3.8, 4) is 17.1 Å². The molecule has 1 aromatic carbocycles. The third kappa shape index (κ3) is 2.17. The van der Waals surface area contributed by atoms with E-state index in [-0.39, 0.29) is 5.69 Å². The number of aromatic carboxylic acids is 1. The molecule has 1 unspecified atom stereocenters. The van der Waals surface area contributed by atoms with E-state index in [1.54, 1.807) is 17.7 Å². The maximum absolute atomic E-state index is 11.4. The number of hydrogen-bond donors (Lipinski definition) is 2. The van der Waals surface area contributed by atoms with E-state index in [0.717, 1.165) is 12.0 Å². The first-order valence-corrected chi connectivity index (χ1v) is 6.78. The van der Waals surface area contributed by atoms with Crippen molar-refractivity contribution in [2.45, 2.75) is 25.5 Å². The number of ether oxygens (including phenoxy) is 1. The van der Waals surface area contributed by atoms with E-state index < -0.39 is 12.1 Å². The van der Waals surface area contributed by atoms with Crippen LogP contribution in [-0.4, -0.2) is 32.8 Å². The molecule has 110 valence electrons. The quantitative estimate of drug-likeness (QED) is 0.903. The Hall–Kier alpha value is -2.34. The number of imidazole rings is 1. The maximum atomic E-state index is 11.4. The fourth-order valence-corrected chi connectivity index (χ4v) is 2.80. The summed E-state index contributed by atoms with van der Waals surface area (Å²) in [5, 5.41) is 19.4. The van der Waals surface area contributed by atoms with Crippen LogP contribution in [0.25, 0.3) is 11.4 Å². The molecule has 6 nitrogen and oxygen atoms in total. The number of methoxy groups -OCH3 is 1. The van der Waals surface area contributed by atoms with Gasteiger partial charge in [0.1, 0.15) is 11.6 Å². The van der Waals surface area contributed by atoms with Gasteiger partial charge in [0.05, 0.1) is 24.5 Å². The SMILES string of the molecule is COc1ccccc1-c1nc(C(=O)O)c2n1CCCC2O. The molecule has 2 N–H and O–H groups in total. The van der Waals surface area contributed by atoms with Crippen LogP contribution >= 0.6 is 0 Å². The lowest BCUT2D eigenvalue weighted by Gasteiger charge is -2.22. The molecule has 0 amide bonds. The number of para-hydroxylation sites is 1. The van der Waals surface area contributed by atoms with Crippen LogP contribution in [-0.2, 0) is 6.54 Å². The molecule has 3 rings (SSSR count). The zero-order chi connectivity index (χ0) is 15.0. The number of carboxylic acids is 1. The van der Waals surface area contributed by atoms with E-state index in [0.29, 0.717) is 30.2 Å². The highest BCUT2D eigenvalue weighted by Crippen LogP contribution is 2.36. The molecule has 2 heterocycles. The van der Waals surface area contributed by atoms with Gasteiger partial charge in [0.25, 0.3) is 0 Å². The largest absolute Gasteiger partial charge is 0.496 e. The van der Waals surface area contributed by atoms with E-state index in [4.69, 9.17) is 4.74 Å². The van der Waals surface area contributed by atoms with Crippen LogP contribution in [0.4, 0.5) is 0 Å². The number of carboxylic acid groups (broad SMARTS) is 1. The number of nitrogens with zero attached hydrogens (tertiary/aromatic N) is 2. The van der Waals surface area contributed by atoms with E-state index in [1.807, 2.05) is 18.2 Å². The third-order valence-corrected chi connectivity index (χ3v) is 3.73. The lowest BCUT2D eigenvalue weighted by Crippen LogP contribution is -2.18. The van der Waals surface area contributed by atoms with Crippen molar-refractivity contribution in [3.05, 3.63) is 35.7 Å². The Labute approximate surface area is 121 Å². The predicted octanol–water partition coefficient (Wildman–Crippen LogP) is 2.08. The minimum absolute atomic E-state index is 0.0805. The van der Waals surface area contributed by atoms with Gasteiger partial charge < -0.3 is 19.5 Å². The Kier molecular flexibility index (Phi) is 3.39. The number of fused-ring (bicyclic) bond motifs is 1. The van der Waals surface area contributed by atoms with Crippen molar-refractivity contribution in [2.24, 2.45) is 0 Å². The first-order chi connectivity index (χ1) is 10.1. The number of rotatable bonds is 3. The summed E-state index contributed by atoms with van der Waals surface area (Å²) in [4.78, 5) is 15.6. The van der Waals surface area contributed by atoms with Crippen molar-refractivity contribution in [3.63, 3.8) is 0 Å². The van der Waals surface area contributed by atoms with Crippen LogP contribution in [0.15, 0.2) is 24.3 Å². The van der Waals surface area contributed by atoms with E-state index in [9.17, 15) is 15.0 Å². The average molecular weight is 288 g/mol. The first-order valence-electron chi connectivity index (χ1n) is 6.78. The Morgan fingerprint density at radius 1 is 1.43 bits per heavy atom. The maximum Gasteiger partial charge on any atom is 0.356 e. The lowest BCUT2D eigenvalue weighted by molar-refractivity contribution is 0.0677. The van der Waals surface area contributed by atoms with Crippen LogP contribution in [0.5, 0.6) is 5.75 Å². The summed E-state index contributed by atoms with van der Waals surface area (Å²) in [6.07, 6.45) is 0.545. The molecule has 1 atom stereocenters. The fourth-order valence-electron chi connectivity index (χ4n) is 2.80. The highest BCUT2D eigenvalue weighted by Gasteiger charge is 2.30. The van der Waals surface area contributed by atoms with Gasteiger partial charge in [-0.1, -0.05) is 12.1 Å². The molecule has 0 bridgehead atoms. The van der Waals surface area contributed by atoms with Gasteiger partial charge in [-0.25, -0.2) is 9.78 Å². The van der Waals surface area contributed by atoms with Crippen LogP contribution in [0.1, 0.15) is 35.1 Å². The lowest BCUT2D eigenvalue weighted by atomic mass is 10.0. The van der Waals surface area contributed by atoms with Gasteiger partial charge >= 0.3 is 5.97 Å². The number of hydrogen-bond acceptors (Lipinski definition) is 4. The highest BCUT2D eigenvalue weighted by atomic mass is 16.5. The summed E-state index contributed by atoms with van der Waals surface area (Å²) >= 11 is 0. The summed E-state index contributed by atoms with van der Waals surface area (Å²) in [6, 6.07) is 7.33. The first kappa shape index (κ1) is 13.6. The summed E-state index contributed by atoms with van der Waals surface area (Å²) < 4.78 is 7.11. The molecular formula is C15H16N2O4. The second-order valence-electron chi connectivity index (χ2n) is 4.98. The molecule has 1 aromatic heterocycles. The van der Waals surface area contributed by atoms with Gasteiger partial charge in [-0.3, -0.25) is 0 Å². The van der Waals surface area contributed by atoms with E-state index >= 15 is 0 Å². The standard InChI is InChI=1S/C15H16N2O4/c1-21-11-7-3-2-5-9(11)14-16-12(15(19)20)13-10(18)6-4-8-17(13)14/h2-3,5,7,10,18H,4,6,8H2,1H3,(H,19,20). The summed E-state index contributed by atoms with van der Waals surface area (Å²) in [7, 11) is 1.56. The molecule has 2 aromatic rings. The van der Waals surface area contributed by atoms with Gasteiger partial charge in [0.2, 0.25) is 0 Å². The number of aromatic nitrogens is 2. The average Bonchev–Trinajstić information content (AvgIpc) is 2.88. The zero-order valence-corrected chi connectivity index (χ0v) is 11.6. The van der Waals surface area contributed by atoms with Gasteiger partial charge in [-0.2, -0.15) is 0 Å². The zero-order valence-electron chi connectivity index (χ0n) is 11.6.